The molecule has 7 heteroatoms. The van der Waals surface area contributed by atoms with Gasteiger partial charge in [-0.15, -0.1) is 0 Å². The zero-order valence-electron chi connectivity index (χ0n) is 15.3. The highest BCUT2D eigenvalue weighted by Crippen LogP contribution is 2.29. The standard InChI is InChI=1S/C20H22N2O4S/c1-22(2)17(20-12-14-5-3-4-6-19(14)26-20)13-21-27(23,24)16-7-8-18-15(11-16)9-10-25-18/h3-8,11-12,17,21H,9-10,13H2,1-2H3. The molecule has 0 bridgehead atoms. The second-order valence-electron chi connectivity index (χ2n) is 6.89. The number of nitrogens with one attached hydrogen (secondary N) is 1. The van der Waals surface area contributed by atoms with Crippen LogP contribution in [0.1, 0.15) is 17.4 Å². The number of sulfonamides is 1. The lowest BCUT2D eigenvalue weighted by atomic mass is 10.2. The van der Waals surface area contributed by atoms with Crippen LogP contribution in [-0.4, -0.2) is 40.6 Å². The van der Waals surface area contributed by atoms with Gasteiger partial charge in [-0.05, 0) is 50.0 Å². The number of likely N-dealkylation sites (N-methyl/N-ethyl adjacent to an activating group) is 1. The molecule has 1 aliphatic rings. The van der Waals surface area contributed by atoms with Crippen molar-refractivity contribution in [3.63, 3.8) is 0 Å². The van der Waals surface area contributed by atoms with Gasteiger partial charge in [-0.1, -0.05) is 18.2 Å². The Morgan fingerprint density at radius 2 is 1.96 bits per heavy atom. The summed E-state index contributed by atoms with van der Waals surface area (Å²) in [6.07, 6.45) is 0.734. The van der Waals surface area contributed by atoms with E-state index in [2.05, 4.69) is 4.72 Å². The molecule has 0 aliphatic carbocycles. The summed E-state index contributed by atoms with van der Waals surface area (Å²) in [6, 6.07) is 14.5. The SMILES string of the molecule is CN(C)C(CNS(=O)(=O)c1ccc2c(c1)CCO2)c1cc2ccccc2o1. The van der Waals surface area contributed by atoms with Gasteiger partial charge >= 0.3 is 0 Å². The molecule has 3 aromatic rings. The zero-order chi connectivity index (χ0) is 19.0. The van der Waals surface area contributed by atoms with Gasteiger partial charge in [0.25, 0.3) is 0 Å². The highest BCUT2D eigenvalue weighted by atomic mass is 32.2. The summed E-state index contributed by atoms with van der Waals surface area (Å²) in [7, 11) is 0.181. The van der Waals surface area contributed by atoms with Crippen LogP contribution in [0.4, 0.5) is 0 Å². The third-order valence-corrected chi connectivity index (χ3v) is 6.26. The lowest BCUT2D eigenvalue weighted by molar-refractivity contribution is 0.264. The Morgan fingerprint density at radius 1 is 1.15 bits per heavy atom. The molecular weight excluding hydrogens is 364 g/mol. The van der Waals surface area contributed by atoms with Gasteiger partial charge in [-0.25, -0.2) is 13.1 Å². The number of furan rings is 1. The minimum atomic E-state index is -3.62. The Labute approximate surface area is 158 Å². The molecule has 4 rings (SSSR count). The van der Waals surface area contributed by atoms with Crippen molar-refractivity contribution < 1.29 is 17.6 Å². The van der Waals surface area contributed by atoms with E-state index < -0.39 is 10.0 Å². The molecule has 2 aromatic carbocycles. The van der Waals surface area contributed by atoms with Gasteiger partial charge in [-0.2, -0.15) is 0 Å². The average Bonchev–Trinajstić information content (AvgIpc) is 3.27. The highest BCUT2D eigenvalue weighted by Gasteiger charge is 2.24. The smallest absolute Gasteiger partial charge is 0.240 e. The first-order valence-corrected chi connectivity index (χ1v) is 10.3. The van der Waals surface area contributed by atoms with Crippen molar-refractivity contribution in [2.75, 3.05) is 27.2 Å². The fraction of sp³-hybridized carbons (Fsp3) is 0.300. The van der Waals surface area contributed by atoms with E-state index in [0.29, 0.717) is 6.61 Å². The van der Waals surface area contributed by atoms with Gasteiger partial charge in [-0.3, -0.25) is 4.90 Å². The summed E-state index contributed by atoms with van der Waals surface area (Å²) in [5.74, 6) is 1.49. The molecule has 2 heterocycles. The average molecular weight is 386 g/mol. The number of hydrogen-bond donors (Lipinski definition) is 1. The molecule has 6 nitrogen and oxygen atoms in total. The van der Waals surface area contributed by atoms with Crippen LogP contribution in [0.5, 0.6) is 5.75 Å². The van der Waals surface area contributed by atoms with E-state index in [4.69, 9.17) is 9.15 Å². The third-order valence-electron chi connectivity index (χ3n) is 4.83. The van der Waals surface area contributed by atoms with Gasteiger partial charge in [0.05, 0.1) is 17.5 Å². The number of fused-ring (bicyclic) bond motifs is 2. The van der Waals surface area contributed by atoms with Crippen LogP contribution in [0.25, 0.3) is 11.0 Å². The van der Waals surface area contributed by atoms with Crippen molar-refractivity contribution in [2.45, 2.75) is 17.4 Å². The van der Waals surface area contributed by atoms with Crippen molar-refractivity contribution in [3.8, 4) is 5.75 Å². The second-order valence-corrected chi connectivity index (χ2v) is 8.65. The Hall–Kier alpha value is -2.35. The van der Waals surface area contributed by atoms with Crippen LogP contribution in [0.3, 0.4) is 0 Å². The lowest BCUT2D eigenvalue weighted by Gasteiger charge is -2.22. The fourth-order valence-corrected chi connectivity index (χ4v) is 4.39. The molecule has 0 radical (unpaired) electrons. The molecule has 1 atom stereocenters. The highest BCUT2D eigenvalue weighted by molar-refractivity contribution is 7.89. The molecule has 0 amide bonds. The van der Waals surface area contributed by atoms with E-state index in [-0.39, 0.29) is 17.5 Å². The number of ether oxygens (including phenoxy) is 1. The minimum Gasteiger partial charge on any atom is -0.493 e. The van der Waals surface area contributed by atoms with Gasteiger partial charge in [0.2, 0.25) is 10.0 Å². The molecule has 27 heavy (non-hydrogen) atoms. The maximum Gasteiger partial charge on any atom is 0.240 e. The summed E-state index contributed by atoms with van der Waals surface area (Å²) in [4.78, 5) is 2.20. The van der Waals surface area contributed by atoms with Crippen LogP contribution < -0.4 is 9.46 Å². The molecule has 1 unspecified atom stereocenters. The van der Waals surface area contributed by atoms with E-state index >= 15 is 0 Å². The third kappa shape index (κ3) is 3.58. The first-order chi connectivity index (χ1) is 12.9. The molecule has 1 N–H and O–H groups in total. The van der Waals surface area contributed by atoms with Crippen LogP contribution in [-0.2, 0) is 16.4 Å². The predicted octanol–water partition coefficient (Wildman–Crippen LogP) is 2.95. The molecule has 0 saturated carbocycles. The number of rotatable bonds is 6. The number of nitrogens with zero attached hydrogens (tertiary/aromatic N) is 1. The number of hydrogen-bond acceptors (Lipinski definition) is 5. The molecule has 1 aromatic heterocycles. The normalized spacial score (nSPS) is 15.1. The van der Waals surface area contributed by atoms with Crippen LogP contribution in [0, 0.1) is 0 Å². The van der Waals surface area contributed by atoms with E-state index in [1.165, 1.54) is 0 Å². The molecule has 0 spiro atoms. The molecule has 0 saturated heterocycles. The monoisotopic (exact) mass is 386 g/mol. The summed E-state index contributed by atoms with van der Waals surface area (Å²) >= 11 is 0. The van der Waals surface area contributed by atoms with E-state index in [1.807, 2.05) is 49.3 Å². The summed E-state index contributed by atoms with van der Waals surface area (Å²) in [5.41, 5.74) is 1.72. The first kappa shape index (κ1) is 18.0. The largest absolute Gasteiger partial charge is 0.493 e. The van der Waals surface area contributed by atoms with Crippen molar-refractivity contribution in [1.29, 1.82) is 0 Å². The van der Waals surface area contributed by atoms with Crippen LogP contribution >= 0.6 is 0 Å². The molecule has 1 aliphatic heterocycles. The Morgan fingerprint density at radius 3 is 2.74 bits per heavy atom. The Kier molecular flexibility index (Phi) is 4.67. The quantitative estimate of drug-likeness (QED) is 0.705. The van der Waals surface area contributed by atoms with Crippen molar-refractivity contribution in [1.82, 2.24) is 9.62 Å². The van der Waals surface area contributed by atoms with Crippen molar-refractivity contribution in [2.24, 2.45) is 0 Å². The maximum atomic E-state index is 12.8. The topological polar surface area (TPSA) is 71.8 Å². The summed E-state index contributed by atoms with van der Waals surface area (Å²) in [6.45, 7) is 0.809. The minimum absolute atomic E-state index is 0.211. The number of benzene rings is 2. The molecule has 0 fully saturated rings. The van der Waals surface area contributed by atoms with Crippen LogP contribution in [0.15, 0.2) is 57.8 Å². The molecular formula is C20H22N2O4S. The zero-order valence-corrected chi connectivity index (χ0v) is 16.1. The van der Waals surface area contributed by atoms with Crippen molar-refractivity contribution in [3.05, 3.63) is 59.9 Å². The van der Waals surface area contributed by atoms with Crippen LogP contribution in [0.2, 0.25) is 0 Å². The predicted molar refractivity (Wildman–Crippen MR) is 103 cm³/mol. The Balaban J connectivity index is 1.55. The lowest BCUT2D eigenvalue weighted by Crippen LogP contribution is -2.34. The van der Waals surface area contributed by atoms with Gasteiger partial charge in [0.1, 0.15) is 17.1 Å². The van der Waals surface area contributed by atoms with E-state index in [1.54, 1.807) is 18.2 Å². The number of para-hydroxylation sites is 1. The summed E-state index contributed by atoms with van der Waals surface area (Å²) in [5, 5.41) is 1.00. The van der Waals surface area contributed by atoms with Crippen molar-refractivity contribution >= 4 is 21.0 Å². The van der Waals surface area contributed by atoms with Gasteiger partial charge in [0, 0.05) is 18.4 Å². The second kappa shape index (κ2) is 6.99. The first-order valence-electron chi connectivity index (χ1n) is 8.84. The Bertz CT molecular complexity index is 1040. The van der Waals surface area contributed by atoms with Gasteiger partial charge in [0.15, 0.2) is 0 Å². The molecule has 142 valence electrons. The van der Waals surface area contributed by atoms with Gasteiger partial charge < -0.3 is 9.15 Å². The fourth-order valence-electron chi connectivity index (χ4n) is 3.31. The van der Waals surface area contributed by atoms with E-state index in [9.17, 15) is 8.42 Å². The maximum absolute atomic E-state index is 12.8. The van der Waals surface area contributed by atoms with E-state index in [0.717, 1.165) is 34.5 Å². The summed E-state index contributed by atoms with van der Waals surface area (Å²) < 4.78 is 39.6.